The second kappa shape index (κ2) is 10.8. The Balaban J connectivity index is 1.49. The lowest BCUT2D eigenvalue weighted by atomic mass is 9.96. The number of primary amides is 1. The molecule has 0 aliphatic carbocycles. The van der Waals surface area contributed by atoms with Crippen LogP contribution in [0.15, 0.2) is 67.1 Å². The predicted molar refractivity (Wildman–Crippen MR) is 143 cm³/mol. The number of benzene rings is 2. The van der Waals surface area contributed by atoms with Crippen molar-refractivity contribution in [1.29, 1.82) is 0 Å². The largest absolute Gasteiger partial charge is 0.366 e. The monoisotopic (exact) mass is 532 g/mol. The minimum absolute atomic E-state index is 0.155. The van der Waals surface area contributed by atoms with Crippen LogP contribution in [-0.2, 0) is 18.3 Å². The Morgan fingerprint density at radius 1 is 1.08 bits per heavy atom. The number of alkyl halides is 2. The van der Waals surface area contributed by atoms with Gasteiger partial charge in [0.1, 0.15) is 5.82 Å². The summed E-state index contributed by atoms with van der Waals surface area (Å²) in [6, 6.07) is 15.0. The molecule has 202 valence electrons. The summed E-state index contributed by atoms with van der Waals surface area (Å²) < 4.78 is 31.1. The number of likely N-dealkylation sites (tertiary alicyclic amines) is 1. The molecule has 2 aromatic carbocycles. The maximum Gasteiger partial charge on any atom is 0.265 e. The summed E-state index contributed by atoms with van der Waals surface area (Å²) in [7, 11) is 1.82. The number of para-hydroxylation sites is 1. The number of carbonyl (C=O) groups excluding carboxylic acids is 2. The molecule has 8 nitrogen and oxygen atoms in total. The van der Waals surface area contributed by atoms with Crippen molar-refractivity contribution in [3.63, 3.8) is 0 Å². The molecule has 10 heteroatoms. The first kappa shape index (κ1) is 26.3. The van der Waals surface area contributed by atoms with Gasteiger partial charge >= 0.3 is 0 Å². The zero-order chi connectivity index (χ0) is 27.6. The third-order valence-corrected chi connectivity index (χ3v) is 6.93. The molecule has 4 aromatic rings. The van der Waals surface area contributed by atoms with Gasteiger partial charge in [-0.15, -0.1) is 0 Å². The molecule has 1 aliphatic rings. The summed E-state index contributed by atoms with van der Waals surface area (Å²) in [5.74, 6) is -3.14. The van der Waals surface area contributed by atoms with Crippen LogP contribution < -0.4 is 5.73 Å². The van der Waals surface area contributed by atoms with E-state index in [1.54, 1.807) is 23.0 Å². The van der Waals surface area contributed by atoms with E-state index in [2.05, 4.69) is 5.10 Å². The zero-order valence-electron chi connectivity index (χ0n) is 21.7. The average Bonchev–Trinajstić information content (AvgIpc) is 3.54. The highest BCUT2D eigenvalue weighted by molar-refractivity contribution is 6.03. The third kappa shape index (κ3) is 5.74. The predicted octanol–water partition coefficient (Wildman–Crippen LogP) is 4.62. The van der Waals surface area contributed by atoms with Crippen LogP contribution in [0.25, 0.3) is 28.2 Å². The van der Waals surface area contributed by atoms with E-state index in [4.69, 9.17) is 10.7 Å². The van der Waals surface area contributed by atoms with E-state index in [-0.39, 0.29) is 18.7 Å². The Hall–Kier alpha value is -4.34. The first-order chi connectivity index (χ1) is 18.7. The molecule has 1 saturated heterocycles. The van der Waals surface area contributed by atoms with Crippen LogP contribution in [0.4, 0.5) is 8.78 Å². The molecule has 3 heterocycles. The van der Waals surface area contributed by atoms with Crippen LogP contribution in [0.1, 0.15) is 41.7 Å². The Labute approximate surface area is 225 Å². The number of aromatic nitrogens is 4. The molecule has 2 N–H and O–H groups in total. The van der Waals surface area contributed by atoms with Crippen molar-refractivity contribution >= 4 is 11.8 Å². The summed E-state index contributed by atoms with van der Waals surface area (Å²) in [4.78, 5) is 31.3. The molecule has 0 atom stereocenters. The lowest BCUT2D eigenvalue weighted by Gasteiger charge is -2.32. The fourth-order valence-electron chi connectivity index (χ4n) is 5.07. The number of amides is 2. The van der Waals surface area contributed by atoms with Crippen molar-refractivity contribution in [2.75, 3.05) is 13.1 Å². The van der Waals surface area contributed by atoms with Gasteiger partial charge in [-0.25, -0.2) is 13.8 Å². The van der Waals surface area contributed by atoms with Gasteiger partial charge in [-0.05, 0) is 43.0 Å². The number of hydrogen-bond donors (Lipinski definition) is 1. The normalized spacial score (nSPS) is 14.9. The number of imidazole rings is 1. The smallest absolute Gasteiger partial charge is 0.265 e. The molecular formula is C29H30F2N6O2. The van der Waals surface area contributed by atoms with Gasteiger partial charge in [0.2, 0.25) is 11.8 Å². The van der Waals surface area contributed by atoms with Gasteiger partial charge < -0.3 is 10.6 Å². The second-order valence-electron chi connectivity index (χ2n) is 9.88. The number of hydrogen-bond acceptors (Lipinski definition) is 4. The average molecular weight is 533 g/mol. The Morgan fingerprint density at radius 3 is 2.56 bits per heavy atom. The first-order valence-corrected chi connectivity index (χ1v) is 12.9. The van der Waals surface area contributed by atoms with Crippen LogP contribution in [0.5, 0.6) is 0 Å². The molecule has 0 unspecified atom stereocenters. The number of halogens is 2. The summed E-state index contributed by atoms with van der Waals surface area (Å²) in [6.45, 7) is -0.151. The molecule has 1 aliphatic heterocycles. The first-order valence-electron chi connectivity index (χ1n) is 12.9. The number of nitrogens with zero attached hydrogens (tertiary/aromatic N) is 5. The molecule has 0 bridgehead atoms. The number of piperidine rings is 1. The highest BCUT2D eigenvalue weighted by Crippen LogP contribution is 2.36. The maximum atomic E-state index is 13.8. The highest BCUT2D eigenvalue weighted by Gasteiger charge is 2.36. The lowest BCUT2D eigenvalue weighted by molar-refractivity contribution is -0.141. The number of nitrogens with two attached hydrogens (primary N) is 1. The maximum absolute atomic E-state index is 13.8. The van der Waals surface area contributed by atoms with E-state index in [0.29, 0.717) is 48.5 Å². The van der Waals surface area contributed by atoms with E-state index in [1.165, 1.54) is 4.90 Å². The highest BCUT2D eigenvalue weighted by atomic mass is 19.3. The second-order valence-corrected chi connectivity index (χ2v) is 9.88. The van der Waals surface area contributed by atoms with Crippen molar-refractivity contribution < 1.29 is 18.4 Å². The molecule has 0 saturated carbocycles. The van der Waals surface area contributed by atoms with Gasteiger partial charge in [-0.1, -0.05) is 30.3 Å². The van der Waals surface area contributed by atoms with Crippen LogP contribution in [0, 0.1) is 0 Å². The lowest BCUT2D eigenvalue weighted by Crippen LogP contribution is -2.45. The van der Waals surface area contributed by atoms with Gasteiger partial charge in [0.05, 0.1) is 24.0 Å². The molecule has 39 heavy (non-hydrogen) atoms. The van der Waals surface area contributed by atoms with Crippen LogP contribution >= 0.6 is 0 Å². The van der Waals surface area contributed by atoms with Crippen LogP contribution in [0.2, 0.25) is 0 Å². The number of carbonyl (C=O) groups is 2. The van der Waals surface area contributed by atoms with E-state index in [0.717, 1.165) is 16.8 Å². The molecule has 0 spiro atoms. The standard InChI is InChI=1S/C29H30F2N6O2/c1-35-17-20(16-33-35)23-11-6-12-24(27(32)39)26(23)28-34-21(18-37(28)22-9-3-2-4-10-22)8-5-13-25(38)36-15-7-14-29(30,31)19-36/h2-4,6,9-12,16-18H,5,7-8,13-15,19H2,1H3,(H2,32,39). The quantitative estimate of drug-likeness (QED) is 0.358. The summed E-state index contributed by atoms with van der Waals surface area (Å²) in [5, 5.41) is 4.28. The zero-order valence-corrected chi connectivity index (χ0v) is 21.7. The Morgan fingerprint density at radius 2 is 1.87 bits per heavy atom. The summed E-state index contributed by atoms with van der Waals surface area (Å²) in [6.07, 6.45) is 6.67. The van der Waals surface area contributed by atoms with Crippen molar-refractivity contribution in [1.82, 2.24) is 24.2 Å². The van der Waals surface area contributed by atoms with E-state index < -0.39 is 18.4 Å². The Kier molecular flexibility index (Phi) is 7.28. The van der Waals surface area contributed by atoms with Gasteiger partial charge in [-0.2, -0.15) is 5.10 Å². The molecule has 2 amide bonds. The fourth-order valence-corrected chi connectivity index (χ4v) is 5.07. The topological polar surface area (TPSA) is 99.0 Å². The molecule has 2 aromatic heterocycles. The van der Waals surface area contributed by atoms with Gasteiger partial charge in [0.25, 0.3) is 5.92 Å². The van der Waals surface area contributed by atoms with Crippen LogP contribution in [0.3, 0.4) is 0 Å². The van der Waals surface area contributed by atoms with E-state index in [1.807, 2.05) is 60.4 Å². The van der Waals surface area contributed by atoms with E-state index in [9.17, 15) is 18.4 Å². The molecular weight excluding hydrogens is 502 g/mol. The summed E-state index contributed by atoms with van der Waals surface area (Å²) in [5.41, 5.74) is 9.84. The molecule has 0 radical (unpaired) electrons. The SMILES string of the molecule is Cn1cc(-c2cccc(C(N)=O)c2-c2nc(CCCC(=O)N3CCCC(F)(F)C3)cn2-c2ccccc2)cn1. The minimum atomic E-state index is -2.82. The van der Waals surface area contributed by atoms with Crippen molar-refractivity contribution in [2.24, 2.45) is 12.8 Å². The van der Waals surface area contributed by atoms with Gasteiger partial charge in [0.15, 0.2) is 0 Å². The van der Waals surface area contributed by atoms with Crippen molar-refractivity contribution in [3.05, 3.63) is 78.4 Å². The van der Waals surface area contributed by atoms with Crippen LogP contribution in [-0.4, -0.2) is 55.1 Å². The molecule has 5 rings (SSSR count). The van der Waals surface area contributed by atoms with Gasteiger partial charge in [-0.3, -0.25) is 18.8 Å². The Bertz CT molecular complexity index is 1490. The number of aryl methyl sites for hydroxylation is 2. The van der Waals surface area contributed by atoms with Crippen molar-refractivity contribution in [3.8, 4) is 28.2 Å². The van der Waals surface area contributed by atoms with Gasteiger partial charge in [0, 0.05) is 55.6 Å². The fraction of sp³-hybridized carbons (Fsp3) is 0.310. The number of rotatable bonds is 8. The third-order valence-electron chi connectivity index (χ3n) is 6.93. The summed E-state index contributed by atoms with van der Waals surface area (Å²) >= 11 is 0. The minimum Gasteiger partial charge on any atom is -0.366 e. The molecule has 1 fully saturated rings. The van der Waals surface area contributed by atoms with E-state index >= 15 is 0 Å². The van der Waals surface area contributed by atoms with Crippen molar-refractivity contribution in [2.45, 2.75) is 38.0 Å².